The molecule has 25 heavy (non-hydrogen) atoms. The minimum absolute atomic E-state index is 0.0990. The molecule has 3 nitrogen and oxygen atoms in total. The maximum atomic E-state index is 12.7. The Hall–Kier alpha value is -0.770. The van der Waals surface area contributed by atoms with E-state index in [0.29, 0.717) is 0 Å². The second kappa shape index (κ2) is 9.25. The fourth-order valence-corrected chi connectivity index (χ4v) is 5.61. The molecule has 0 radical (unpaired) electrons. The fourth-order valence-electron chi connectivity index (χ4n) is 4.54. The van der Waals surface area contributed by atoms with Crippen molar-refractivity contribution in [3.8, 4) is 0 Å². The van der Waals surface area contributed by atoms with Gasteiger partial charge in [-0.25, -0.2) is 4.98 Å². The topological polar surface area (TPSA) is 45.8 Å². The molecule has 3 rings (SSSR count). The molecule has 140 valence electrons. The van der Waals surface area contributed by atoms with Crippen LogP contribution in [-0.4, -0.2) is 15.7 Å². The standard InChI is InChI=1S/C21H34N2OS/c1-15(2)19-18(13-16-9-5-3-6-10-16)22-21(23-20(19)24)25-14-17-11-7-4-8-12-17/h15-17H,3-14H2,1-2H3,(H,22,23,24). The third kappa shape index (κ3) is 5.35. The van der Waals surface area contributed by atoms with Crippen molar-refractivity contribution in [2.24, 2.45) is 11.8 Å². The number of hydrogen-bond donors (Lipinski definition) is 1. The molecule has 2 aliphatic rings. The van der Waals surface area contributed by atoms with Gasteiger partial charge in [0.1, 0.15) is 0 Å². The summed E-state index contributed by atoms with van der Waals surface area (Å²) in [5.74, 6) is 2.87. The van der Waals surface area contributed by atoms with Crippen molar-refractivity contribution in [2.45, 2.75) is 95.6 Å². The summed E-state index contributed by atoms with van der Waals surface area (Å²) in [5.41, 5.74) is 2.10. The van der Waals surface area contributed by atoms with Crippen LogP contribution in [0.5, 0.6) is 0 Å². The highest BCUT2D eigenvalue weighted by Gasteiger charge is 2.21. The maximum Gasteiger partial charge on any atom is 0.255 e. The van der Waals surface area contributed by atoms with Gasteiger partial charge >= 0.3 is 0 Å². The maximum absolute atomic E-state index is 12.7. The summed E-state index contributed by atoms with van der Waals surface area (Å²) in [5, 5.41) is 0.853. The van der Waals surface area contributed by atoms with Crippen LogP contribution in [0.25, 0.3) is 0 Å². The number of aromatic nitrogens is 2. The highest BCUT2D eigenvalue weighted by atomic mass is 32.2. The number of nitrogens with one attached hydrogen (secondary N) is 1. The molecule has 0 aliphatic heterocycles. The molecule has 1 heterocycles. The molecule has 0 amide bonds. The lowest BCUT2D eigenvalue weighted by molar-refractivity contribution is 0.352. The molecule has 0 spiro atoms. The van der Waals surface area contributed by atoms with Crippen molar-refractivity contribution in [1.82, 2.24) is 9.97 Å². The van der Waals surface area contributed by atoms with E-state index in [2.05, 4.69) is 18.8 Å². The van der Waals surface area contributed by atoms with Gasteiger partial charge in [-0.05, 0) is 37.0 Å². The first-order chi connectivity index (χ1) is 12.1. The molecule has 2 fully saturated rings. The molecule has 0 unspecified atom stereocenters. The molecular formula is C21H34N2OS. The van der Waals surface area contributed by atoms with Crippen molar-refractivity contribution in [3.05, 3.63) is 21.6 Å². The molecule has 0 atom stereocenters. The van der Waals surface area contributed by atoms with E-state index in [9.17, 15) is 4.79 Å². The SMILES string of the molecule is CC(C)c1c(CC2CCCCC2)nc(SCC2CCCCC2)[nH]c1=O. The lowest BCUT2D eigenvalue weighted by Crippen LogP contribution is -2.22. The Kier molecular flexibility index (Phi) is 7.03. The van der Waals surface area contributed by atoms with Gasteiger partial charge in [-0.3, -0.25) is 4.79 Å². The van der Waals surface area contributed by atoms with Gasteiger partial charge in [-0.1, -0.05) is 77.0 Å². The van der Waals surface area contributed by atoms with Crippen molar-refractivity contribution < 1.29 is 0 Å². The zero-order valence-corrected chi connectivity index (χ0v) is 16.8. The van der Waals surface area contributed by atoms with E-state index < -0.39 is 0 Å². The average molecular weight is 363 g/mol. The lowest BCUT2D eigenvalue weighted by Gasteiger charge is -2.23. The number of rotatable bonds is 6. The van der Waals surface area contributed by atoms with Gasteiger partial charge < -0.3 is 4.98 Å². The van der Waals surface area contributed by atoms with Crippen molar-refractivity contribution in [3.63, 3.8) is 0 Å². The molecule has 1 aromatic heterocycles. The van der Waals surface area contributed by atoms with E-state index in [-0.39, 0.29) is 11.5 Å². The Morgan fingerprint density at radius 1 is 1.00 bits per heavy atom. The molecule has 1 N–H and O–H groups in total. The van der Waals surface area contributed by atoms with Crippen LogP contribution in [-0.2, 0) is 6.42 Å². The summed E-state index contributed by atoms with van der Waals surface area (Å²) in [6, 6.07) is 0. The Labute approximate surface area is 156 Å². The van der Waals surface area contributed by atoms with Crippen LogP contribution >= 0.6 is 11.8 Å². The van der Waals surface area contributed by atoms with Crippen molar-refractivity contribution in [1.29, 1.82) is 0 Å². The smallest absolute Gasteiger partial charge is 0.255 e. The van der Waals surface area contributed by atoms with Crippen LogP contribution < -0.4 is 5.56 Å². The lowest BCUT2D eigenvalue weighted by atomic mass is 9.84. The monoisotopic (exact) mass is 362 g/mol. The third-order valence-corrected chi connectivity index (χ3v) is 7.08. The van der Waals surface area contributed by atoms with Crippen LogP contribution in [0.2, 0.25) is 0 Å². The summed E-state index contributed by atoms with van der Waals surface area (Å²) in [4.78, 5) is 20.7. The molecule has 2 aliphatic carbocycles. The Bertz CT molecular complexity index is 598. The number of H-pyrrole nitrogens is 1. The molecule has 0 aromatic carbocycles. The first kappa shape index (κ1) is 19.0. The molecule has 1 aromatic rings. The molecule has 0 saturated heterocycles. The summed E-state index contributed by atoms with van der Waals surface area (Å²) in [6.45, 7) is 4.23. The van der Waals surface area contributed by atoms with E-state index in [1.807, 2.05) is 0 Å². The Morgan fingerprint density at radius 2 is 1.60 bits per heavy atom. The fraction of sp³-hybridized carbons (Fsp3) is 0.810. The number of aromatic amines is 1. The van der Waals surface area contributed by atoms with Crippen molar-refractivity contribution in [2.75, 3.05) is 5.75 Å². The van der Waals surface area contributed by atoms with Crippen LogP contribution in [0.3, 0.4) is 0 Å². The minimum atomic E-state index is 0.0990. The zero-order valence-electron chi connectivity index (χ0n) is 16.0. The molecule has 4 heteroatoms. The van der Waals surface area contributed by atoms with Gasteiger partial charge in [0.15, 0.2) is 5.16 Å². The molecule has 2 saturated carbocycles. The van der Waals surface area contributed by atoms with E-state index in [4.69, 9.17) is 4.98 Å². The van der Waals surface area contributed by atoms with Gasteiger partial charge in [-0.15, -0.1) is 0 Å². The summed E-state index contributed by atoms with van der Waals surface area (Å²) >= 11 is 1.77. The van der Waals surface area contributed by atoms with Gasteiger partial charge in [0.05, 0.1) is 5.69 Å². The van der Waals surface area contributed by atoms with Gasteiger partial charge in [-0.2, -0.15) is 0 Å². The summed E-state index contributed by atoms with van der Waals surface area (Å²) < 4.78 is 0. The van der Waals surface area contributed by atoms with Crippen LogP contribution in [0.15, 0.2) is 9.95 Å². The van der Waals surface area contributed by atoms with E-state index >= 15 is 0 Å². The Balaban J connectivity index is 1.73. The molecular weight excluding hydrogens is 328 g/mol. The number of nitrogens with zero attached hydrogens (tertiary/aromatic N) is 1. The normalized spacial score (nSPS) is 20.3. The van der Waals surface area contributed by atoms with Gasteiger partial charge in [0.2, 0.25) is 0 Å². The van der Waals surface area contributed by atoms with E-state index in [1.165, 1.54) is 64.2 Å². The average Bonchev–Trinajstić information content (AvgIpc) is 2.61. The highest BCUT2D eigenvalue weighted by molar-refractivity contribution is 7.99. The van der Waals surface area contributed by atoms with E-state index in [1.54, 1.807) is 11.8 Å². The summed E-state index contributed by atoms with van der Waals surface area (Å²) in [6.07, 6.45) is 14.5. The minimum Gasteiger partial charge on any atom is -0.301 e. The quantitative estimate of drug-likeness (QED) is 0.522. The van der Waals surface area contributed by atoms with Crippen LogP contribution in [0.4, 0.5) is 0 Å². The molecule has 0 bridgehead atoms. The van der Waals surface area contributed by atoms with Gasteiger partial charge in [0, 0.05) is 11.3 Å². The zero-order chi connectivity index (χ0) is 17.6. The Morgan fingerprint density at radius 3 is 2.20 bits per heavy atom. The van der Waals surface area contributed by atoms with Crippen LogP contribution in [0.1, 0.15) is 95.2 Å². The summed E-state index contributed by atoms with van der Waals surface area (Å²) in [7, 11) is 0. The first-order valence-corrected chi connectivity index (χ1v) is 11.4. The first-order valence-electron chi connectivity index (χ1n) is 10.4. The van der Waals surface area contributed by atoms with Crippen LogP contribution in [0, 0.1) is 11.8 Å². The van der Waals surface area contributed by atoms with Gasteiger partial charge in [0.25, 0.3) is 5.56 Å². The van der Waals surface area contributed by atoms with E-state index in [0.717, 1.165) is 40.4 Å². The predicted octanol–water partition coefficient (Wildman–Crippen LogP) is 5.69. The van der Waals surface area contributed by atoms with Crippen molar-refractivity contribution >= 4 is 11.8 Å². The third-order valence-electron chi connectivity index (χ3n) is 5.98. The number of hydrogen-bond acceptors (Lipinski definition) is 3. The number of thioether (sulfide) groups is 1. The predicted molar refractivity (Wildman–Crippen MR) is 107 cm³/mol. The largest absolute Gasteiger partial charge is 0.301 e. The second-order valence-corrected chi connectivity index (χ2v) is 9.42. The second-order valence-electron chi connectivity index (χ2n) is 8.41. The highest BCUT2D eigenvalue weighted by Crippen LogP contribution is 2.31.